The van der Waals surface area contributed by atoms with Gasteiger partial charge in [0.1, 0.15) is 0 Å². The van der Waals surface area contributed by atoms with Crippen molar-refractivity contribution in [2.45, 2.75) is 19.4 Å². The fourth-order valence-corrected chi connectivity index (χ4v) is 1.74. The molecule has 0 aliphatic rings. The Kier molecular flexibility index (Phi) is 5.13. The molecular formula is C13H17BrN2O4. The summed E-state index contributed by atoms with van der Waals surface area (Å²) in [7, 11) is 1.53. The van der Waals surface area contributed by atoms with Crippen LogP contribution in [0.5, 0.6) is 0 Å². The van der Waals surface area contributed by atoms with Crippen LogP contribution in [-0.2, 0) is 0 Å². The van der Waals surface area contributed by atoms with E-state index in [9.17, 15) is 14.7 Å². The fraction of sp³-hybridized carbons (Fsp3) is 0.385. The molecule has 1 aromatic rings. The molecule has 0 aromatic heterocycles. The summed E-state index contributed by atoms with van der Waals surface area (Å²) in [5.41, 5.74) is -0.558. The summed E-state index contributed by atoms with van der Waals surface area (Å²) in [6.45, 7) is 3.20. The maximum Gasteiger partial charge on any atom is 0.337 e. The first kappa shape index (κ1) is 16.5. The third kappa shape index (κ3) is 3.71. The SMILES string of the molecule is CN(C(=O)Nc1ccc(Br)cc1C(=O)O)C(C)(C)CO. The molecule has 0 spiro atoms. The topological polar surface area (TPSA) is 89.9 Å². The summed E-state index contributed by atoms with van der Waals surface area (Å²) in [6, 6.07) is 4.06. The highest BCUT2D eigenvalue weighted by Crippen LogP contribution is 2.22. The largest absolute Gasteiger partial charge is 0.478 e. The summed E-state index contributed by atoms with van der Waals surface area (Å²) in [4.78, 5) is 24.5. The molecule has 0 bridgehead atoms. The molecule has 0 fully saturated rings. The molecular weight excluding hydrogens is 328 g/mol. The van der Waals surface area contributed by atoms with Gasteiger partial charge in [-0.3, -0.25) is 0 Å². The van der Waals surface area contributed by atoms with Gasteiger partial charge < -0.3 is 20.4 Å². The van der Waals surface area contributed by atoms with E-state index in [0.29, 0.717) is 4.47 Å². The van der Waals surface area contributed by atoms with Crippen LogP contribution in [0.2, 0.25) is 0 Å². The van der Waals surface area contributed by atoms with E-state index in [1.807, 2.05) is 0 Å². The lowest BCUT2D eigenvalue weighted by molar-refractivity contribution is 0.0698. The van der Waals surface area contributed by atoms with E-state index in [-0.39, 0.29) is 17.9 Å². The predicted molar refractivity (Wildman–Crippen MR) is 79.0 cm³/mol. The second kappa shape index (κ2) is 6.23. The lowest BCUT2D eigenvalue weighted by Crippen LogP contribution is -2.49. The van der Waals surface area contributed by atoms with Crippen LogP contribution < -0.4 is 5.32 Å². The number of rotatable bonds is 4. The van der Waals surface area contributed by atoms with Gasteiger partial charge in [0.2, 0.25) is 0 Å². The quantitative estimate of drug-likeness (QED) is 0.782. The van der Waals surface area contributed by atoms with Gasteiger partial charge >= 0.3 is 12.0 Å². The average Bonchev–Trinajstić information content (AvgIpc) is 2.39. The highest BCUT2D eigenvalue weighted by Gasteiger charge is 2.27. The molecule has 6 nitrogen and oxygen atoms in total. The van der Waals surface area contributed by atoms with Gasteiger partial charge in [-0.25, -0.2) is 9.59 Å². The Morgan fingerprint density at radius 3 is 2.50 bits per heavy atom. The zero-order valence-electron chi connectivity index (χ0n) is 11.5. The molecule has 0 aliphatic carbocycles. The number of nitrogens with zero attached hydrogens (tertiary/aromatic N) is 1. The van der Waals surface area contributed by atoms with Crippen molar-refractivity contribution in [3.8, 4) is 0 Å². The van der Waals surface area contributed by atoms with Crippen molar-refractivity contribution in [1.29, 1.82) is 0 Å². The number of carboxylic acid groups (broad SMARTS) is 1. The lowest BCUT2D eigenvalue weighted by atomic mass is 10.1. The predicted octanol–water partition coefficient (Wildman–Crippen LogP) is 2.38. The maximum absolute atomic E-state index is 12.1. The van der Waals surface area contributed by atoms with Gasteiger partial charge in [0, 0.05) is 11.5 Å². The first-order valence-electron chi connectivity index (χ1n) is 5.87. The zero-order chi connectivity index (χ0) is 15.5. The lowest BCUT2D eigenvalue weighted by Gasteiger charge is -2.33. The van der Waals surface area contributed by atoms with Crippen LogP contribution in [0, 0.1) is 0 Å². The minimum absolute atomic E-state index is 0.0112. The van der Waals surface area contributed by atoms with Gasteiger partial charge in [-0.2, -0.15) is 0 Å². The fourth-order valence-electron chi connectivity index (χ4n) is 1.38. The van der Waals surface area contributed by atoms with E-state index < -0.39 is 17.5 Å². The molecule has 0 saturated heterocycles. The van der Waals surface area contributed by atoms with Gasteiger partial charge in [0.25, 0.3) is 0 Å². The van der Waals surface area contributed by atoms with Gasteiger partial charge in [0.15, 0.2) is 0 Å². The number of likely N-dealkylation sites (N-methyl/N-ethyl adjacent to an activating group) is 1. The first-order chi connectivity index (χ1) is 9.19. The summed E-state index contributed by atoms with van der Waals surface area (Å²) in [6.07, 6.45) is 0. The van der Waals surface area contributed by atoms with Crippen LogP contribution in [0.3, 0.4) is 0 Å². The van der Waals surface area contributed by atoms with Crippen LogP contribution in [0.1, 0.15) is 24.2 Å². The Morgan fingerprint density at radius 2 is 2.00 bits per heavy atom. The highest BCUT2D eigenvalue weighted by molar-refractivity contribution is 9.10. The maximum atomic E-state index is 12.1. The molecule has 20 heavy (non-hydrogen) atoms. The van der Waals surface area contributed by atoms with Crippen LogP contribution in [0.15, 0.2) is 22.7 Å². The van der Waals surface area contributed by atoms with Crippen molar-refractivity contribution in [2.24, 2.45) is 0 Å². The van der Waals surface area contributed by atoms with Crippen molar-refractivity contribution in [2.75, 3.05) is 19.0 Å². The molecule has 110 valence electrons. The number of aromatic carboxylic acids is 1. The Labute approximate surface area is 125 Å². The van der Waals surface area contributed by atoms with Crippen molar-refractivity contribution in [3.63, 3.8) is 0 Å². The summed E-state index contributed by atoms with van der Waals surface area (Å²) in [5, 5.41) is 20.9. The molecule has 1 rings (SSSR count). The second-order valence-corrected chi connectivity index (χ2v) is 5.87. The Morgan fingerprint density at radius 1 is 1.40 bits per heavy atom. The Bertz CT molecular complexity index is 531. The van der Waals surface area contributed by atoms with E-state index in [4.69, 9.17) is 5.11 Å². The average molecular weight is 345 g/mol. The molecule has 0 unspecified atom stereocenters. The number of carbonyl (C=O) groups excluding carboxylic acids is 1. The van der Waals surface area contributed by atoms with Crippen molar-refractivity contribution in [1.82, 2.24) is 4.90 Å². The second-order valence-electron chi connectivity index (χ2n) is 4.95. The number of anilines is 1. The highest BCUT2D eigenvalue weighted by atomic mass is 79.9. The summed E-state index contributed by atoms with van der Waals surface area (Å²) >= 11 is 3.18. The number of hydrogen-bond donors (Lipinski definition) is 3. The van der Waals surface area contributed by atoms with E-state index >= 15 is 0 Å². The van der Waals surface area contributed by atoms with Crippen LogP contribution in [-0.4, -0.2) is 46.3 Å². The minimum atomic E-state index is -1.13. The Balaban J connectivity index is 3.00. The standard InChI is InChI=1S/C13H17BrN2O4/c1-13(2,7-17)16(3)12(20)15-10-5-4-8(14)6-9(10)11(18)19/h4-6,17H,7H2,1-3H3,(H,15,20)(H,18,19). The third-order valence-corrected chi connectivity index (χ3v) is 3.55. The first-order valence-corrected chi connectivity index (χ1v) is 6.67. The van der Waals surface area contributed by atoms with Gasteiger partial charge in [0.05, 0.1) is 23.4 Å². The number of carbonyl (C=O) groups is 2. The molecule has 0 heterocycles. The zero-order valence-corrected chi connectivity index (χ0v) is 13.1. The van der Waals surface area contributed by atoms with Crippen LogP contribution in [0.4, 0.5) is 10.5 Å². The molecule has 0 atom stereocenters. The third-order valence-electron chi connectivity index (χ3n) is 3.05. The molecule has 3 N–H and O–H groups in total. The van der Waals surface area contributed by atoms with E-state index in [0.717, 1.165) is 0 Å². The van der Waals surface area contributed by atoms with Crippen molar-refractivity contribution < 1.29 is 19.8 Å². The molecule has 1 aromatic carbocycles. The van der Waals surface area contributed by atoms with Gasteiger partial charge in [-0.15, -0.1) is 0 Å². The molecule has 2 amide bonds. The van der Waals surface area contributed by atoms with Gasteiger partial charge in [-0.1, -0.05) is 15.9 Å². The number of halogens is 1. The molecule has 0 radical (unpaired) electrons. The number of hydrogen-bond acceptors (Lipinski definition) is 3. The summed E-state index contributed by atoms with van der Waals surface area (Å²) < 4.78 is 0.608. The number of aliphatic hydroxyl groups excluding tert-OH is 1. The summed E-state index contributed by atoms with van der Waals surface area (Å²) in [5.74, 6) is -1.13. The molecule has 7 heteroatoms. The van der Waals surface area contributed by atoms with E-state index in [1.165, 1.54) is 24.1 Å². The number of amides is 2. The number of nitrogens with one attached hydrogen (secondary N) is 1. The van der Waals surface area contributed by atoms with E-state index in [1.54, 1.807) is 19.9 Å². The van der Waals surface area contributed by atoms with Crippen LogP contribution >= 0.6 is 15.9 Å². The van der Waals surface area contributed by atoms with E-state index in [2.05, 4.69) is 21.2 Å². The number of benzene rings is 1. The smallest absolute Gasteiger partial charge is 0.337 e. The number of urea groups is 1. The molecule has 0 aliphatic heterocycles. The molecule has 0 saturated carbocycles. The number of carboxylic acids is 1. The normalized spacial score (nSPS) is 11.1. The minimum Gasteiger partial charge on any atom is -0.478 e. The van der Waals surface area contributed by atoms with Crippen molar-refractivity contribution >= 4 is 33.6 Å². The van der Waals surface area contributed by atoms with Crippen LogP contribution in [0.25, 0.3) is 0 Å². The Hall–Kier alpha value is -1.60. The monoisotopic (exact) mass is 344 g/mol. The number of aliphatic hydroxyl groups is 1. The van der Waals surface area contributed by atoms with Crippen molar-refractivity contribution in [3.05, 3.63) is 28.2 Å². The van der Waals surface area contributed by atoms with Gasteiger partial charge in [-0.05, 0) is 32.0 Å².